The molecule has 0 radical (unpaired) electrons. The maximum absolute atomic E-state index is 5.90. The molecule has 2 rings (SSSR count). The molecule has 0 unspecified atom stereocenters. The van der Waals surface area contributed by atoms with E-state index in [1.54, 1.807) is 0 Å². The normalized spacial score (nSPS) is 10.8. The minimum atomic E-state index is 0.774. The summed E-state index contributed by atoms with van der Waals surface area (Å²) >= 11 is 3.44. The molecule has 0 aliphatic heterocycles. The highest BCUT2D eigenvalue weighted by atomic mass is 79.9. The molecule has 0 heterocycles. The van der Waals surface area contributed by atoms with E-state index < -0.39 is 0 Å². The smallest absolute Gasteiger partial charge is 0.119 e. The van der Waals surface area contributed by atoms with E-state index in [4.69, 9.17) is 9.47 Å². The van der Waals surface area contributed by atoms with E-state index >= 15 is 0 Å². The second-order valence-corrected chi connectivity index (χ2v) is 8.41. The largest absolute Gasteiger partial charge is 0.494 e. The third-order valence-corrected chi connectivity index (χ3v) is 5.67. The summed E-state index contributed by atoms with van der Waals surface area (Å²) in [7, 11) is 0. The van der Waals surface area contributed by atoms with Crippen molar-refractivity contribution in [2.45, 2.75) is 71.1 Å². The number of halogens is 1. The van der Waals surface area contributed by atoms with Crippen molar-refractivity contribution < 1.29 is 9.47 Å². The van der Waals surface area contributed by atoms with Gasteiger partial charge in [-0.15, -0.1) is 0 Å². The summed E-state index contributed by atoms with van der Waals surface area (Å²) in [5, 5.41) is 1.04. The predicted octanol–water partition coefficient (Wildman–Crippen LogP) is 8.43. The van der Waals surface area contributed by atoms with Crippen LogP contribution in [0.4, 0.5) is 0 Å². The highest BCUT2D eigenvalue weighted by molar-refractivity contribution is 9.09. The molecule has 0 saturated carbocycles. The Morgan fingerprint density at radius 2 is 0.966 bits per heavy atom. The molecule has 0 aliphatic carbocycles. The van der Waals surface area contributed by atoms with Crippen molar-refractivity contribution in [3.63, 3.8) is 0 Å². The van der Waals surface area contributed by atoms with Gasteiger partial charge in [0.2, 0.25) is 0 Å². The molecule has 2 aromatic rings. The van der Waals surface area contributed by atoms with Crippen LogP contribution in [0.5, 0.6) is 11.5 Å². The minimum Gasteiger partial charge on any atom is -0.494 e. The van der Waals surface area contributed by atoms with Gasteiger partial charge < -0.3 is 9.47 Å². The lowest BCUT2D eigenvalue weighted by Crippen LogP contribution is -1.97. The topological polar surface area (TPSA) is 18.5 Å². The molecular weight excluding hydrogens is 424 g/mol. The second kappa shape index (κ2) is 15.4. The Hall–Kier alpha value is -1.48. The maximum Gasteiger partial charge on any atom is 0.119 e. The quantitative estimate of drug-likeness (QED) is 0.184. The average Bonchev–Trinajstić information content (AvgIpc) is 2.76. The van der Waals surface area contributed by atoms with Gasteiger partial charge in [-0.05, 0) is 54.7 Å². The van der Waals surface area contributed by atoms with Gasteiger partial charge in [-0.2, -0.15) is 0 Å². The van der Waals surface area contributed by atoms with Gasteiger partial charge in [0.1, 0.15) is 11.5 Å². The van der Waals surface area contributed by atoms with E-state index in [1.807, 2.05) is 0 Å². The van der Waals surface area contributed by atoms with Crippen LogP contribution in [-0.4, -0.2) is 18.5 Å². The van der Waals surface area contributed by atoms with Crippen molar-refractivity contribution in [3.05, 3.63) is 48.5 Å². The first kappa shape index (κ1) is 23.8. The fourth-order valence-electron chi connectivity index (χ4n) is 3.30. The van der Waals surface area contributed by atoms with Crippen LogP contribution in [0.15, 0.2) is 48.5 Å². The van der Waals surface area contributed by atoms with Gasteiger partial charge in [0, 0.05) is 5.33 Å². The van der Waals surface area contributed by atoms with E-state index in [1.165, 1.54) is 56.1 Å². The van der Waals surface area contributed by atoms with Crippen LogP contribution in [0, 0.1) is 0 Å². The van der Waals surface area contributed by atoms with Gasteiger partial charge in [0.05, 0.1) is 13.2 Å². The molecule has 0 amide bonds. The van der Waals surface area contributed by atoms with Crippen LogP contribution in [0.2, 0.25) is 0 Å². The molecule has 29 heavy (non-hydrogen) atoms. The van der Waals surface area contributed by atoms with Crippen molar-refractivity contribution in [2.75, 3.05) is 18.5 Å². The summed E-state index contributed by atoms with van der Waals surface area (Å²) in [5.74, 6) is 1.90. The fourth-order valence-corrected chi connectivity index (χ4v) is 3.70. The number of hydrogen-bond donors (Lipinski definition) is 0. The zero-order valence-electron chi connectivity index (χ0n) is 18.0. The van der Waals surface area contributed by atoms with E-state index in [-0.39, 0.29) is 0 Å². The molecule has 160 valence electrons. The number of hydrogen-bond acceptors (Lipinski definition) is 2. The van der Waals surface area contributed by atoms with Crippen LogP contribution in [0.3, 0.4) is 0 Å². The van der Waals surface area contributed by atoms with Gasteiger partial charge in [-0.25, -0.2) is 0 Å². The summed E-state index contributed by atoms with van der Waals surface area (Å²) in [6.07, 6.45) is 12.8. The third kappa shape index (κ3) is 10.2. The van der Waals surface area contributed by atoms with Gasteiger partial charge in [0.25, 0.3) is 0 Å². The monoisotopic (exact) mass is 460 g/mol. The standard InChI is InChI=1S/C26H37BrO2/c1-2-3-4-5-6-7-8-10-21-28-25-16-12-23(13-17-25)24-14-18-26(19-15-24)29-22-11-9-20-27/h12-19H,2-11,20-22H2,1H3. The highest BCUT2D eigenvalue weighted by Gasteiger charge is 2.01. The molecule has 0 atom stereocenters. The van der Waals surface area contributed by atoms with Crippen molar-refractivity contribution >= 4 is 15.9 Å². The lowest BCUT2D eigenvalue weighted by molar-refractivity contribution is 0.304. The van der Waals surface area contributed by atoms with Gasteiger partial charge >= 0.3 is 0 Å². The Morgan fingerprint density at radius 3 is 1.41 bits per heavy atom. The van der Waals surface area contributed by atoms with Crippen LogP contribution in [-0.2, 0) is 0 Å². The zero-order valence-corrected chi connectivity index (χ0v) is 19.6. The lowest BCUT2D eigenvalue weighted by atomic mass is 10.1. The maximum atomic E-state index is 5.90. The van der Waals surface area contributed by atoms with Crippen molar-refractivity contribution in [3.8, 4) is 22.6 Å². The van der Waals surface area contributed by atoms with Gasteiger partial charge in [0.15, 0.2) is 0 Å². The summed E-state index contributed by atoms with van der Waals surface area (Å²) in [5.41, 5.74) is 2.41. The first-order valence-electron chi connectivity index (χ1n) is 11.4. The average molecular weight is 461 g/mol. The zero-order chi connectivity index (χ0) is 20.6. The fraction of sp³-hybridized carbons (Fsp3) is 0.538. The molecule has 0 saturated heterocycles. The minimum absolute atomic E-state index is 0.774. The molecular formula is C26H37BrO2. The summed E-state index contributed by atoms with van der Waals surface area (Å²) < 4.78 is 11.7. The third-order valence-electron chi connectivity index (χ3n) is 5.11. The number of alkyl halides is 1. The van der Waals surface area contributed by atoms with E-state index in [9.17, 15) is 0 Å². The Labute approximate surface area is 186 Å². The molecule has 3 heteroatoms. The molecule has 0 bridgehead atoms. The predicted molar refractivity (Wildman–Crippen MR) is 129 cm³/mol. The summed E-state index contributed by atoms with van der Waals surface area (Å²) in [6, 6.07) is 16.8. The van der Waals surface area contributed by atoms with Crippen molar-refractivity contribution in [1.82, 2.24) is 0 Å². The second-order valence-electron chi connectivity index (χ2n) is 7.62. The molecule has 0 spiro atoms. The van der Waals surface area contributed by atoms with Crippen molar-refractivity contribution in [2.24, 2.45) is 0 Å². The first-order valence-corrected chi connectivity index (χ1v) is 12.5. The van der Waals surface area contributed by atoms with Crippen LogP contribution < -0.4 is 9.47 Å². The number of unbranched alkanes of at least 4 members (excludes halogenated alkanes) is 8. The molecule has 0 fully saturated rings. The van der Waals surface area contributed by atoms with Gasteiger partial charge in [-0.3, -0.25) is 0 Å². The van der Waals surface area contributed by atoms with Crippen LogP contribution in [0.25, 0.3) is 11.1 Å². The highest BCUT2D eigenvalue weighted by Crippen LogP contribution is 2.25. The molecule has 0 aliphatic rings. The molecule has 2 aromatic carbocycles. The number of benzene rings is 2. The van der Waals surface area contributed by atoms with E-state index in [2.05, 4.69) is 71.4 Å². The number of rotatable bonds is 16. The Kier molecular flexibility index (Phi) is 12.6. The Morgan fingerprint density at radius 1 is 0.552 bits per heavy atom. The van der Waals surface area contributed by atoms with E-state index in [0.29, 0.717) is 0 Å². The van der Waals surface area contributed by atoms with Crippen LogP contribution >= 0.6 is 15.9 Å². The van der Waals surface area contributed by atoms with Gasteiger partial charge in [-0.1, -0.05) is 92.1 Å². The first-order chi connectivity index (χ1) is 14.3. The molecule has 0 aromatic heterocycles. The SMILES string of the molecule is CCCCCCCCCCOc1ccc(-c2ccc(OCCCCBr)cc2)cc1. The summed E-state index contributed by atoms with van der Waals surface area (Å²) in [6.45, 7) is 3.86. The lowest BCUT2D eigenvalue weighted by Gasteiger charge is -2.09. The summed E-state index contributed by atoms with van der Waals surface area (Å²) in [4.78, 5) is 0. The van der Waals surface area contributed by atoms with E-state index in [0.717, 1.165) is 49.3 Å². The number of ether oxygens (including phenoxy) is 2. The molecule has 0 N–H and O–H groups in total. The van der Waals surface area contributed by atoms with Crippen LogP contribution in [0.1, 0.15) is 71.1 Å². The van der Waals surface area contributed by atoms with Crippen molar-refractivity contribution in [1.29, 1.82) is 0 Å². The molecule has 2 nitrogen and oxygen atoms in total. The Bertz CT molecular complexity index is 637. The Balaban J connectivity index is 1.65.